The SMILES string of the molecule is CC1(C)OB(c2ccc3c(c2)-c2ccc(-c4ccc5c(c4)S(C)(C)c4ccccc4-5)cc2C32C3CC4CC(C3)CC2C4)OC1(C)C. The lowest BCUT2D eigenvalue weighted by atomic mass is 9.43. The monoisotopic (exact) mass is 624 g/mol. The Labute approximate surface area is 276 Å². The maximum atomic E-state index is 6.56. The zero-order chi connectivity index (χ0) is 31.4. The van der Waals surface area contributed by atoms with Crippen LogP contribution in [0.1, 0.15) is 70.9 Å². The molecule has 4 bridgehead atoms. The number of hydrogen-bond donors (Lipinski definition) is 0. The highest BCUT2D eigenvalue weighted by Gasteiger charge is 2.62. The van der Waals surface area contributed by atoms with Crippen molar-refractivity contribution in [2.45, 2.75) is 86.2 Å². The van der Waals surface area contributed by atoms with E-state index < -0.39 is 10.0 Å². The number of rotatable bonds is 2. The Morgan fingerprint density at radius 3 is 1.89 bits per heavy atom. The Kier molecular flexibility index (Phi) is 5.53. The van der Waals surface area contributed by atoms with Crippen LogP contribution in [0.25, 0.3) is 33.4 Å². The zero-order valence-corrected chi connectivity index (χ0v) is 29.0. The maximum Gasteiger partial charge on any atom is 0.494 e. The highest BCUT2D eigenvalue weighted by molar-refractivity contribution is 8.33. The minimum Gasteiger partial charge on any atom is -0.399 e. The molecule has 46 heavy (non-hydrogen) atoms. The predicted molar refractivity (Wildman–Crippen MR) is 192 cm³/mol. The van der Waals surface area contributed by atoms with Gasteiger partial charge in [-0.2, -0.15) is 10.0 Å². The van der Waals surface area contributed by atoms with Gasteiger partial charge in [0.15, 0.2) is 0 Å². The third kappa shape index (κ3) is 3.49. The molecular weight excluding hydrogens is 579 g/mol. The van der Waals surface area contributed by atoms with Crippen LogP contribution in [-0.4, -0.2) is 30.8 Å². The molecule has 0 atom stereocenters. The van der Waals surface area contributed by atoms with Crippen molar-refractivity contribution in [3.8, 4) is 33.4 Å². The van der Waals surface area contributed by atoms with E-state index in [2.05, 4.69) is 119 Å². The summed E-state index contributed by atoms with van der Waals surface area (Å²) >= 11 is 0. The van der Waals surface area contributed by atoms with Gasteiger partial charge in [0.2, 0.25) is 0 Å². The quantitative estimate of drug-likeness (QED) is 0.207. The van der Waals surface area contributed by atoms with Gasteiger partial charge in [0, 0.05) is 15.2 Å². The molecule has 0 radical (unpaired) electrons. The molecular formula is C42H45BO2S. The van der Waals surface area contributed by atoms with E-state index >= 15 is 0 Å². The summed E-state index contributed by atoms with van der Waals surface area (Å²) in [7, 11) is -1.38. The van der Waals surface area contributed by atoms with Crippen molar-refractivity contribution < 1.29 is 9.31 Å². The third-order valence-electron chi connectivity index (χ3n) is 13.8. The first-order valence-electron chi connectivity index (χ1n) is 17.6. The lowest BCUT2D eigenvalue weighted by Crippen LogP contribution is -2.55. The lowest BCUT2D eigenvalue weighted by molar-refractivity contribution is -0.0399. The van der Waals surface area contributed by atoms with Crippen LogP contribution >= 0.6 is 10.0 Å². The molecule has 2 aliphatic heterocycles. The summed E-state index contributed by atoms with van der Waals surface area (Å²) < 4.78 is 13.1. The van der Waals surface area contributed by atoms with Crippen molar-refractivity contribution in [3.05, 3.63) is 90.0 Å². The fourth-order valence-corrected chi connectivity index (χ4v) is 13.7. The summed E-state index contributed by atoms with van der Waals surface area (Å²) in [6, 6.07) is 31.2. The molecule has 4 heteroatoms. The van der Waals surface area contributed by atoms with Crippen LogP contribution in [0.15, 0.2) is 88.7 Å². The first kappa shape index (κ1) is 28.2. The third-order valence-corrected chi connectivity index (χ3v) is 16.7. The van der Waals surface area contributed by atoms with Gasteiger partial charge < -0.3 is 9.31 Å². The van der Waals surface area contributed by atoms with Gasteiger partial charge >= 0.3 is 7.12 Å². The van der Waals surface area contributed by atoms with E-state index in [9.17, 15) is 0 Å². The van der Waals surface area contributed by atoms with Gasteiger partial charge in [-0.05, 0) is 164 Å². The Morgan fingerprint density at radius 1 is 0.587 bits per heavy atom. The molecule has 5 aliphatic carbocycles. The average Bonchev–Trinajstić information content (AvgIpc) is 3.54. The molecule has 0 aromatic heterocycles. The van der Waals surface area contributed by atoms with Crippen LogP contribution in [0.3, 0.4) is 0 Å². The second-order valence-corrected chi connectivity index (χ2v) is 20.4. The van der Waals surface area contributed by atoms with Gasteiger partial charge in [0.25, 0.3) is 0 Å². The molecule has 0 amide bonds. The van der Waals surface area contributed by atoms with E-state index in [1.54, 1.807) is 11.1 Å². The molecule has 234 valence electrons. The van der Waals surface area contributed by atoms with Crippen molar-refractivity contribution in [2.24, 2.45) is 23.7 Å². The summed E-state index contributed by atoms with van der Waals surface area (Å²) in [4.78, 5) is 3.06. The maximum absolute atomic E-state index is 6.56. The van der Waals surface area contributed by atoms with Crippen molar-refractivity contribution in [3.63, 3.8) is 0 Å². The molecule has 7 aliphatic rings. The molecule has 4 aromatic carbocycles. The van der Waals surface area contributed by atoms with Crippen molar-refractivity contribution in [1.29, 1.82) is 0 Å². The van der Waals surface area contributed by atoms with Crippen molar-refractivity contribution >= 4 is 22.6 Å². The van der Waals surface area contributed by atoms with E-state index in [0.717, 1.165) is 29.1 Å². The topological polar surface area (TPSA) is 18.5 Å². The Balaban J connectivity index is 1.13. The zero-order valence-electron chi connectivity index (χ0n) is 28.2. The van der Waals surface area contributed by atoms with E-state index in [1.807, 2.05) is 0 Å². The van der Waals surface area contributed by atoms with Crippen molar-refractivity contribution in [2.75, 3.05) is 12.5 Å². The summed E-state index contributed by atoms with van der Waals surface area (Å²) in [6.45, 7) is 8.62. The highest BCUT2D eigenvalue weighted by Crippen LogP contribution is 2.70. The standard InChI is InChI=1S/C42H45BO2S/c1-40(2)41(3,4)45-43(44-40)31-13-16-36-35(24-31)32-14-11-27(22-37(32)42(36)29-18-25-17-26(20-29)21-30(42)19-25)28-12-15-34-33-9-7-8-10-38(33)46(5,6)39(34)23-28/h7-16,22-26,29-30H,17-21H2,1-6H3. The second-order valence-electron chi connectivity index (χ2n) is 16.9. The first-order valence-corrected chi connectivity index (χ1v) is 20.0. The minimum absolute atomic E-state index is 0.125. The van der Waals surface area contributed by atoms with E-state index in [-0.39, 0.29) is 23.7 Å². The summed E-state index contributed by atoms with van der Waals surface area (Å²) in [5.41, 5.74) is 12.2. The smallest absolute Gasteiger partial charge is 0.399 e. The average molecular weight is 625 g/mol. The summed E-state index contributed by atoms with van der Waals surface area (Å²) in [6.07, 6.45) is 12.0. The molecule has 2 heterocycles. The number of fused-ring (bicyclic) bond motifs is 6. The Bertz CT molecular complexity index is 1930. The van der Waals surface area contributed by atoms with E-state index in [1.165, 1.54) is 75.3 Å². The predicted octanol–water partition coefficient (Wildman–Crippen LogP) is 9.84. The molecule has 5 fully saturated rings. The molecule has 0 unspecified atom stereocenters. The van der Waals surface area contributed by atoms with Crippen LogP contribution in [-0.2, 0) is 14.7 Å². The van der Waals surface area contributed by atoms with Gasteiger partial charge in [-0.1, -0.05) is 60.7 Å². The molecule has 4 aromatic rings. The van der Waals surface area contributed by atoms with Crippen LogP contribution in [0, 0.1) is 23.7 Å². The molecule has 0 N–H and O–H groups in total. The fraction of sp³-hybridized carbons (Fsp3) is 0.429. The Hall–Kier alpha value is -2.79. The summed E-state index contributed by atoms with van der Waals surface area (Å²) in [5, 5.41) is 0. The largest absolute Gasteiger partial charge is 0.494 e. The molecule has 4 saturated carbocycles. The van der Waals surface area contributed by atoms with Gasteiger partial charge in [0.05, 0.1) is 11.2 Å². The van der Waals surface area contributed by atoms with Gasteiger partial charge in [0.1, 0.15) is 0 Å². The normalized spacial score (nSPS) is 31.9. The van der Waals surface area contributed by atoms with Gasteiger partial charge in [-0.15, -0.1) is 0 Å². The van der Waals surface area contributed by atoms with Crippen molar-refractivity contribution in [1.82, 2.24) is 0 Å². The summed E-state index contributed by atoms with van der Waals surface area (Å²) in [5.74, 6) is 3.33. The second kappa shape index (κ2) is 9.01. The Morgan fingerprint density at radius 2 is 1.20 bits per heavy atom. The fourth-order valence-electron chi connectivity index (χ4n) is 11.1. The number of benzene rings is 4. The van der Waals surface area contributed by atoms with Crippen LogP contribution < -0.4 is 5.46 Å². The van der Waals surface area contributed by atoms with E-state index in [4.69, 9.17) is 9.31 Å². The van der Waals surface area contributed by atoms with Gasteiger partial charge in [-0.25, -0.2) is 0 Å². The van der Waals surface area contributed by atoms with Gasteiger partial charge in [-0.3, -0.25) is 0 Å². The highest BCUT2D eigenvalue weighted by atomic mass is 32.3. The van der Waals surface area contributed by atoms with Crippen LogP contribution in [0.5, 0.6) is 0 Å². The molecule has 1 saturated heterocycles. The first-order chi connectivity index (χ1) is 22.0. The molecule has 1 spiro atoms. The minimum atomic E-state index is -1.04. The molecule has 2 nitrogen and oxygen atoms in total. The van der Waals surface area contributed by atoms with Crippen LogP contribution in [0.4, 0.5) is 0 Å². The molecule has 11 rings (SSSR count). The lowest BCUT2D eigenvalue weighted by Gasteiger charge is -2.61. The number of hydrogen-bond acceptors (Lipinski definition) is 2. The van der Waals surface area contributed by atoms with E-state index in [0.29, 0.717) is 0 Å². The van der Waals surface area contributed by atoms with Crippen LogP contribution in [0.2, 0.25) is 0 Å².